The Hall–Kier alpha value is -2.31. The molecule has 154 valence electrons. The number of carbonyl (C=O) groups is 1. The highest BCUT2D eigenvalue weighted by molar-refractivity contribution is 7.99. The number of carbonyl (C=O) groups excluding carboxylic acids is 1. The van der Waals surface area contributed by atoms with Crippen LogP contribution in [0.25, 0.3) is 11.0 Å². The Labute approximate surface area is 176 Å². The summed E-state index contributed by atoms with van der Waals surface area (Å²) >= 11 is 1.58. The van der Waals surface area contributed by atoms with Gasteiger partial charge in [-0.3, -0.25) is 4.79 Å². The Morgan fingerprint density at radius 2 is 2.03 bits per heavy atom. The fraction of sp³-hybridized carbons (Fsp3) is 0.391. The Kier molecular flexibility index (Phi) is 7.34. The summed E-state index contributed by atoms with van der Waals surface area (Å²) in [4.78, 5) is 23.1. The van der Waals surface area contributed by atoms with Crippen LogP contribution < -0.4 is 4.90 Å². The number of anilines is 1. The van der Waals surface area contributed by atoms with Crippen molar-refractivity contribution < 1.29 is 9.53 Å². The number of H-pyrrole nitrogens is 1. The molecule has 5 nitrogen and oxygen atoms in total. The molecule has 1 amide bonds. The van der Waals surface area contributed by atoms with E-state index < -0.39 is 0 Å². The number of benzene rings is 2. The molecule has 2 aromatic carbocycles. The van der Waals surface area contributed by atoms with Crippen molar-refractivity contribution in [2.24, 2.45) is 0 Å². The predicted molar refractivity (Wildman–Crippen MR) is 122 cm³/mol. The van der Waals surface area contributed by atoms with Crippen LogP contribution in [-0.2, 0) is 21.7 Å². The van der Waals surface area contributed by atoms with E-state index in [1.807, 2.05) is 36.1 Å². The Bertz CT molecular complexity index is 937. The number of aryl methyl sites for hydroxylation is 2. The van der Waals surface area contributed by atoms with E-state index in [9.17, 15) is 4.79 Å². The third kappa shape index (κ3) is 5.00. The second-order valence-electron chi connectivity index (χ2n) is 7.20. The van der Waals surface area contributed by atoms with Crippen LogP contribution >= 0.6 is 11.8 Å². The molecule has 0 saturated heterocycles. The summed E-state index contributed by atoms with van der Waals surface area (Å²) in [6.07, 6.45) is 0.882. The Balaban J connectivity index is 1.75. The van der Waals surface area contributed by atoms with Crippen LogP contribution in [0.3, 0.4) is 0 Å². The lowest BCUT2D eigenvalue weighted by Gasteiger charge is -2.32. The van der Waals surface area contributed by atoms with E-state index >= 15 is 0 Å². The number of aromatic amines is 1. The number of imidazole rings is 1. The van der Waals surface area contributed by atoms with E-state index in [0.717, 1.165) is 34.5 Å². The zero-order valence-corrected chi connectivity index (χ0v) is 18.4. The van der Waals surface area contributed by atoms with Crippen LogP contribution in [-0.4, -0.2) is 41.4 Å². The highest BCUT2D eigenvalue weighted by Crippen LogP contribution is 2.29. The maximum Gasteiger partial charge on any atom is 0.237 e. The molecule has 0 aliphatic carbocycles. The molecule has 0 saturated carbocycles. The molecule has 1 heterocycles. The number of hydrogen-bond acceptors (Lipinski definition) is 4. The van der Waals surface area contributed by atoms with E-state index in [0.29, 0.717) is 18.1 Å². The van der Waals surface area contributed by atoms with Gasteiger partial charge in [0.25, 0.3) is 0 Å². The Morgan fingerprint density at radius 1 is 1.24 bits per heavy atom. The van der Waals surface area contributed by atoms with Gasteiger partial charge in [-0.25, -0.2) is 4.98 Å². The first-order chi connectivity index (χ1) is 14.0. The normalized spacial score (nSPS) is 12.3. The molecule has 3 rings (SSSR count). The van der Waals surface area contributed by atoms with Gasteiger partial charge in [0, 0.05) is 7.11 Å². The quantitative estimate of drug-likeness (QED) is 0.553. The molecule has 29 heavy (non-hydrogen) atoms. The highest BCUT2D eigenvalue weighted by atomic mass is 32.2. The van der Waals surface area contributed by atoms with Crippen LogP contribution in [0, 0.1) is 6.92 Å². The molecule has 0 fully saturated rings. The minimum atomic E-state index is -0.0364. The molecule has 0 radical (unpaired) electrons. The van der Waals surface area contributed by atoms with Crippen LogP contribution in [0.15, 0.2) is 42.5 Å². The molecule has 1 aromatic heterocycles. The monoisotopic (exact) mass is 411 g/mol. The molecule has 1 N–H and O–H groups in total. The van der Waals surface area contributed by atoms with E-state index in [1.165, 1.54) is 5.56 Å². The first kappa shape index (κ1) is 21.4. The summed E-state index contributed by atoms with van der Waals surface area (Å²) in [7, 11) is 1.67. The maximum atomic E-state index is 13.3. The number of amides is 1. The largest absolute Gasteiger partial charge is 0.383 e. The van der Waals surface area contributed by atoms with Crippen LogP contribution in [0.2, 0.25) is 0 Å². The smallest absolute Gasteiger partial charge is 0.237 e. The minimum Gasteiger partial charge on any atom is -0.383 e. The molecule has 0 aliphatic heterocycles. The van der Waals surface area contributed by atoms with Crippen LogP contribution in [0.4, 0.5) is 5.69 Å². The molecule has 0 bridgehead atoms. The van der Waals surface area contributed by atoms with Gasteiger partial charge in [-0.2, -0.15) is 0 Å². The summed E-state index contributed by atoms with van der Waals surface area (Å²) < 4.78 is 5.36. The third-order valence-corrected chi connectivity index (χ3v) is 5.89. The maximum absolute atomic E-state index is 13.3. The van der Waals surface area contributed by atoms with Crippen molar-refractivity contribution in [2.45, 2.75) is 39.0 Å². The zero-order valence-electron chi connectivity index (χ0n) is 17.6. The number of ether oxygens (including phenoxy) is 1. The second kappa shape index (κ2) is 9.94. The lowest BCUT2D eigenvalue weighted by molar-refractivity contribution is -0.116. The molecular weight excluding hydrogens is 382 g/mol. The van der Waals surface area contributed by atoms with Crippen molar-refractivity contribution in [3.8, 4) is 0 Å². The van der Waals surface area contributed by atoms with Crippen molar-refractivity contribution in [3.63, 3.8) is 0 Å². The number of thioether (sulfide) groups is 1. The van der Waals surface area contributed by atoms with Gasteiger partial charge in [0.05, 0.1) is 40.9 Å². The molecule has 0 spiro atoms. The number of fused-ring (bicyclic) bond motifs is 1. The molecular formula is C23H29N3O2S. The average molecular weight is 412 g/mol. The van der Waals surface area contributed by atoms with Crippen LogP contribution in [0.5, 0.6) is 0 Å². The molecule has 0 aliphatic rings. The van der Waals surface area contributed by atoms with Gasteiger partial charge in [-0.05, 0) is 43.5 Å². The molecule has 0 unspecified atom stereocenters. The van der Waals surface area contributed by atoms with Gasteiger partial charge in [0.1, 0.15) is 5.82 Å². The number of para-hydroxylation sites is 3. The lowest BCUT2D eigenvalue weighted by Crippen LogP contribution is -2.43. The summed E-state index contributed by atoms with van der Waals surface area (Å²) in [5.74, 6) is 2.05. The molecule has 1 atom stereocenters. The standard InChI is InChI=1S/C23H29N3O2S/c1-5-18-10-8-9-16(2)23(18)26(17(3)13-28-4)22(27)15-29-14-21-24-19-11-6-7-12-20(19)25-21/h6-12,17H,5,13-15H2,1-4H3,(H,24,25)/t17-/m1/s1. The highest BCUT2D eigenvalue weighted by Gasteiger charge is 2.25. The SMILES string of the molecule is CCc1cccc(C)c1N(C(=O)CSCc1nc2ccccc2[nH]1)[C@H](C)COC. The van der Waals surface area contributed by atoms with Gasteiger partial charge in [0.2, 0.25) is 5.91 Å². The van der Waals surface area contributed by atoms with Gasteiger partial charge >= 0.3 is 0 Å². The third-order valence-electron chi connectivity index (χ3n) is 4.96. The van der Waals surface area contributed by atoms with Crippen LogP contribution in [0.1, 0.15) is 30.8 Å². The number of rotatable bonds is 9. The predicted octanol–water partition coefficient (Wildman–Crippen LogP) is 4.74. The zero-order chi connectivity index (χ0) is 20.8. The molecule has 3 aromatic rings. The fourth-order valence-electron chi connectivity index (χ4n) is 3.63. The number of methoxy groups -OCH3 is 1. The van der Waals surface area contributed by atoms with Crippen molar-refractivity contribution in [2.75, 3.05) is 24.4 Å². The lowest BCUT2D eigenvalue weighted by atomic mass is 10.0. The van der Waals surface area contributed by atoms with E-state index in [4.69, 9.17) is 4.74 Å². The van der Waals surface area contributed by atoms with Crippen molar-refractivity contribution in [3.05, 3.63) is 59.4 Å². The number of aromatic nitrogens is 2. The summed E-state index contributed by atoms with van der Waals surface area (Å²) in [5, 5.41) is 0. The van der Waals surface area contributed by atoms with E-state index in [1.54, 1.807) is 18.9 Å². The van der Waals surface area contributed by atoms with Gasteiger partial charge in [-0.1, -0.05) is 37.3 Å². The second-order valence-corrected chi connectivity index (χ2v) is 8.18. The first-order valence-electron chi connectivity index (χ1n) is 9.96. The van der Waals surface area contributed by atoms with Crippen molar-refractivity contribution in [1.29, 1.82) is 0 Å². The number of nitrogens with one attached hydrogen (secondary N) is 1. The van der Waals surface area contributed by atoms with Gasteiger partial charge in [-0.15, -0.1) is 11.8 Å². The van der Waals surface area contributed by atoms with Gasteiger partial charge < -0.3 is 14.6 Å². The minimum absolute atomic E-state index is 0.0364. The summed E-state index contributed by atoms with van der Waals surface area (Å²) in [6.45, 7) is 6.72. The topological polar surface area (TPSA) is 58.2 Å². The van der Waals surface area contributed by atoms with Crippen molar-refractivity contribution >= 4 is 34.4 Å². The fourth-order valence-corrected chi connectivity index (χ4v) is 4.38. The summed E-state index contributed by atoms with van der Waals surface area (Å²) in [5.41, 5.74) is 5.30. The van der Waals surface area contributed by atoms with E-state index in [2.05, 4.69) is 42.0 Å². The van der Waals surface area contributed by atoms with E-state index in [-0.39, 0.29) is 11.9 Å². The molecule has 6 heteroatoms. The average Bonchev–Trinajstić information content (AvgIpc) is 3.12. The summed E-state index contributed by atoms with van der Waals surface area (Å²) in [6, 6.07) is 14.2. The first-order valence-corrected chi connectivity index (χ1v) is 11.1. The van der Waals surface area contributed by atoms with Gasteiger partial charge in [0.15, 0.2) is 0 Å². The Morgan fingerprint density at radius 3 is 2.76 bits per heavy atom. The number of nitrogens with zero attached hydrogens (tertiary/aromatic N) is 2. The number of hydrogen-bond donors (Lipinski definition) is 1. The van der Waals surface area contributed by atoms with Crippen molar-refractivity contribution in [1.82, 2.24) is 9.97 Å².